The first-order chi connectivity index (χ1) is 10.1. The van der Waals surface area contributed by atoms with E-state index in [9.17, 15) is 4.39 Å². The van der Waals surface area contributed by atoms with E-state index in [0.29, 0.717) is 37.7 Å². The summed E-state index contributed by atoms with van der Waals surface area (Å²) in [6, 6.07) is 6.10. The Labute approximate surface area is 138 Å². The third-order valence-electron chi connectivity index (χ3n) is 2.91. The summed E-state index contributed by atoms with van der Waals surface area (Å²) in [5.74, 6) is -0.382. The van der Waals surface area contributed by atoms with E-state index in [4.69, 9.17) is 34.8 Å². The highest BCUT2D eigenvalue weighted by molar-refractivity contribution is 7.58. The molecule has 1 aliphatic heterocycles. The number of nitrogens with one attached hydrogen (secondary N) is 1. The van der Waals surface area contributed by atoms with E-state index in [1.807, 2.05) is 0 Å². The van der Waals surface area contributed by atoms with E-state index in [1.165, 1.54) is 6.07 Å². The lowest BCUT2D eigenvalue weighted by Crippen LogP contribution is -2.02. The summed E-state index contributed by atoms with van der Waals surface area (Å²) in [5, 5.41) is 4.28. The van der Waals surface area contributed by atoms with Crippen molar-refractivity contribution in [1.29, 1.82) is 0 Å². The summed E-state index contributed by atoms with van der Waals surface area (Å²) in [5.41, 5.74) is 2.21. The summed E-state index contributed by atoms with van der Waals surface area (Å²) >= 11 is 19.0. The SMILES string of the molecule is Fc1cc(Cl)ccc1CNc1c(Cl)cc(Cl)c2c1N=S=N2. The zero-order valence-electron chi connectivity index (χ0n) is 10.3. The van der Waals surface area contributed by atoms with Gasteiger partial charge in [-0.3, -0.25) is 0 Å². The van der Waals surface area contributed by atoms with Gasteiger partial charge in [-0.1, -0.05) is 40.9 Å². The van der Waals surface area contributed by atoms with Gasteiger partial charge in [0.05, 0.1) is 27.1 Å². The number of fused-ring (bicyclic) bond motifs is 1. The lowest BCUT2D eigenvalue weighted by atomic mass is 10.2. The molecule has 1 N–H and O–H groups in total. The van der Waals surface area contributed by atoms with Crippen LogP contribution in [0.15, 0.2) is 33.0 Å². The number of nitrogens with zero attached hydrogens (tertiary/aromatic N) is 2. The smallest absolute Gasteiger partial charge is 0.130 e. The monoisotopic (exact) mass is 361 g/mol. The minimum atomic E-state index is -0.382. The minimum absolute atomic E-state index is 0.247. The largest absolute Gasteiger partial charge is 0.378 e. The zero-order valence-corrected chi connectivity index (χ0v) is 13.4. The Morgan fingerprint density at radius 1 is 1.05 bits per heavy atom. The summed E-state index contributed by atoms with van der Waals surface area (Å²) < 4.78 is 22.1. The molecular weight excluding hydrogens is 356 g/mol. The van der Waals surface area contributed by atoms with Crippen molar-refractivity contribution in [3.05, 3.63) is 50.7 Å². The van der Waals surface area contributed by atoms with Gasteiger partial charge in [0.15, 0.2) is 0 Å². The molecule has 0 saturated carbocycles. The number of benzene rings is 2. The highest BCUT2D eigenvalue weighted by Crippen LogP contribution is 2.47. The number of hydrogen-bond donors (Lipinski definition) is 1. The van der Waals surface area contributed by atoms with Gasteiger partial charge < -0.3 is 5.32 Å². The highest BCUT2D eigenvalue weighted by Gasteiger charge is 2.18. The predicted octanol–water partition coefficient (Wildman–Crippen LogP) is 6.12. The molecule has 0 radical (unpaired) electrons. The Balaban J connectivity index is 1.90. The van der Waals surface area contributed by atoms with Crippen LogP contribution in [0.4, 0.5) is 21.5 Å². The maximum Gasteiger partial charge on any atom is 0.130 e. The molecule has 0 bridgehead atoms. The van der Waals surface area contributed by atoms with Crippen molar-refractivity contribution >= 4 is 63.2 Å². The average Bonchev–Trinajstić information content (AvgIpc) is 2.90. The summed E-state index contributed by atoms with van der Waals surface area (Å²) in [6.07, 6.45) is 0. The minimum Gasteiger partial charge on any atom is -0.378 e. The van der Waals surface area contributed by atoms with Gasteiger partial charge >= 0.3 is 0 Å². The van der Waals surface area contributed by atoms with E-state index >= 15 is 0 Å². The van der Waals surface area contributed by atoms with Crippen molar-refractivity contribution in [3.8, 4) is 0 Å². The molecule has 0 fully saturated rings. The van der Waals surface area contributed by atoms with Crippen LogP contribution in [0.1, 0.15) is 5.56 Å². The molecule has 2 aromatic carbocycles. The zero-order chi connectivity index (χ0) is 15.0. The lowest BCUT2D eigenvalue weighted by molar-refractivity contribution is 0.613. The molecule has 0 atom stereocenters. The Kier molecular flexibility index (Phi) is 4.17. The molecule has 108 valence electrons. The molecule has 0 aliphatic carbocycles. The van der Waals surface area contributed by atoms with E-state index < -0.39 is 0 Å². The maximum absolute atomic E-state index is 13.8. The second-order valence-corrected chi connectivity index (χ2v) is 6.05. The first kappa shape index (κ1) is 14.8. The molecule has 0 aromatic heterocycles. The van der Waals surface area contributed by atoms with Crippen LogP contribution in [0.3, 0.4) is 0 Å². The van der Waals surface area contributed by atoms with E-state index in [0.717, 1.165) is 11.4 Å². The number of anilines is 1. The Morgan fingerprint density at radius 3 is 2.57 bits per heavy atom. The van der Waals surface area contributed by atoms with Crippen LogP contribution >= 0.6 is 34.8 Å². The van der Waals surface area contributed by atoms with Crippen molar-refractivity contribution < 1.29 is 4.39 Å². The average molecular weight is 363 g/mol. The second kappa shape index (κ2) is 5.93. The standard InChI is InChI=1S/C13H7Cl3FN3S/c14-7-2-1-6(10(17)3-7)5-18-11-8(15)4-9(16)12-13(11)20-21-19-12/h1-4,18H,5H2. The van der Waals surface area contributed by atoms with E-state index in [-0.39, 0.29) is 12.4 Å². The van der Waals surface area contributed by atoms with Gasteiger partial charge in [0.1, 0.15) is 17.2 Å². The highest BCUT2D eigenvalue weighted by atomic mass is 35.5. The van der Waals surface area contributed by atoms with Gasteiger partial charge in [-0.05, 0) is 18.2 Å². The van der Waals surface area contributed by atoms with Crippen molar-refractivity contribution in [1.82, 2.24) is 0 Å². The molecule has 2 aromatic rings. The van der Waals surface area contributed by atoms with Gasteiger partial charge in [-0.15, -0.1) is 0 Å². The molecule has 3 nitrogen and oxygen atoms in total. The molecule has 0 saturated heterocycles. The fourth-order valence-corrected chi connectivity index (χ4v) is 3.23. The van der Waals surface area contributed by atoms with E-state index in [1.54, 1.807) is 18.2 Å². The van der Waals surface area contributed by atoms with Crippen molar-refractivity contribution in [2.75, 3.05) is 5.32 Å². The Hall–Kier alpha value is -1.14. The van der Waals surface area contributed by atoms with Crippen molar-refractivity contribution in [2.24, 2.45) is 8.73 Å². The fourth-order valence-electron chi connectivity index (χ4n) is 1.89. The molecule has 8 heteroatoms. The molecule has 0 unspecified atom stereocenters. The Morgan fingerprint density at radius 2 is 1.81 bits per heavy atom. The van der Waals surface area contributed by atoms with Crippen LogP contribution in [0.25, 0.3) is 0 Å². The quantitative estimate of drug-likeness (QED) is 0.598. The van der Waals surface area contributed by atoms with Gasteiger partial charge in [0, 0.05) is 17.1 Å². The normalized spacial score (nSPS) is 12.2. The molecule has 3 rings (SSSR count). The van der Waals surface area contributed by atoms with Crippen LogP contribution < -0.4 is 5.32 Å². The first-order valence-corrected chi connectivity index (χ1v) is 7.70. The van der Waals surface area contributed by atoms with Crippen LogP contribution in [0, 0.1) is 5.82 Å². The van der Waals surface area contributed by atoms with Crippen molar-refractivity contribution in [3.63, 3.8) is 0 Å². The van der Waals surface area contributed by atoms with Gasteiger partial charge in [0.2, 0.25) is 0 Å². The summed E-state index contributed by atoms with van der Waals surface area (Å²) in [7, 11) is 0. The van der Waals surface area contributed by atoms with Crippen LogP contribution in [0.2, 0.25) is 15.1 Å². The van der Waals surface area contributed by atoms with Gasteiger partial charge in [0.25, 0.3) is 0 Å². The van der Waals surface area contributed by atoms with Gasteiger partial charge in [-0.2, -0.15) is 8.73 Å². The summed E-state index contributed by atoms with van der Waals surface area (Å²) in [6.45, 7) is 0.247. The first-order valence-electron chi connectivity index (χ1n) is 5.84. The van der Waals surface area contributed by atoms with Crippen LogP contribution in [-0.2, 0) is 17.9 Å². The van der Waals surface area contributed by atoms with Gasteiger partial charge in [-0.25, -0.2) is 4.39 Å². The topological polar surface area (TPSA) is 36.8 Å². The Bertz CT molecular complexity index is 804. The third-order valence-corrected chi connectivity index (χ3v) is 4.26. The number of halogens is 4. The maximum atomic E-state index is 13.8. The molecule has 0 spiro atoms. The van der Waals surface area contributed by atoms with Crippen LogP contribution in [0.5, 0.6) is 0 Å². The molecule has 21 heavy (non-hydrogen) atoms. The van der Waals surface area contributed by atoms with Crippen LogP contribution in [-0.4, -0.2) is 0 Å². The lowest BCUT2D eigenvalue weighted by Gasteiger charge is -2.12. The molecule has 0 amide bonds. The fraction of sp³-hybridized carbons (Fsp3) is 0.0769. The molecule has 1 heterocycles. The van der Waals surface area contributed by atoms with Crippen molar-refractivity contribution in [2.45, 2.75) is 6.54 Å². The van der Waals surface area contributed by atoms with E-state index in [2.05, 4.69) is 14.0 Å². The number of hydrogen-bond acceptors (Lipinski definition) is 3. The molecular formula is C13H7Cl3FN3S. The number of rotatable bonds is 3. The third kappa shape index (κ3) is 2.92. The second-order valence-electron chi connectivity index (χ2n) is 4.27. The predicted molar refractivity (Wildman–Crippen MR) is 86.7 cm³/mol. The summed E-state index contributed by atoms with van der Waals surface area (Å²) in [4.78, 5) is 0. The molecule has 1 aliphatic rings.